The molecular formula is C11H13N2O+. The highest BCUT2D eigenvalue weighted by atomic mass is 16.3. The van der Waals surface area contributed by atoms with E-state index in [1.54, 1.807) is 0 Å². The molecule has 0 aliphatic heterocycles. The molecule has 0 atom stereocenters. The average molecular weight is 189 g/mol. The van der Waals surface area contributed by atoms with Gasteiger partial charge in [0.25, 0.3) is 5.82 Å². The molecule has 3 heteroatoms. The summed E-state index contributed by atoms with van der Waals surface area (Å²) in [5.74, 6) is 0.928. The molecule has 3 N–H and O–H groups in total. The van der Waals surface area contributed by atoms with E-state index in [-0.39, 0.29) is 6.61 Å². The largest absolute Gasteiger partial charge is 0.392 e. The number of hydrogen-bond acceptors (Lipinski definition) is 2. The second-order valence-electron chi connectivity index (χ2n) is 3.11. The summed E-state index contributed by atoms with van der Waals surface area (Å²) < 4.78 is 0. The molecule has 0 radical (unpaired) electrons. The normalized spacial score (nSPS) is 10.4. The third kappa shape index (κ3) is 1.83. The van der Waals surface area contributed by atoms with Crippen LogP contribution >= 0.6 is 0 Å². The Balaban J connectivity index is 2.32. The van der Waals surface area contributed by atoms with E-state index in [0.29, 0.717) is 6.54 Å². The Labute approximate surface area is 82.4 Å². The van der Waals surface area contributed by atoms with E-state index in [1.807, 2.05) is 30.3 Å². The van der Waals surface area contributed by atoms with Gasteiger partial charge in [-0.3, -0.25) is 5.32 Å². The van der Waals surface area contributed by atoms with Crippen LogP contribution < -0.4 is 10.3 Å². The summed E-state index contributed by atoms with van der Waals surface area (Å²) >= 11 is 0. The molecule has 0 unspecified atom stereocenters. The third-order valence-corrected chi connectivity index (χ3v) is 2.09. The highest BCUT2D eigenvalue weighted by molar-refractivity contribution is 5.75. The van der Waals surface area contributed by atoms with Crippen molar-refractivity contribution in [3.05, 3.63) is 36.4 Å². The van der Waals surface area contributed by atoms with Crippen molar-refractivity contribution < 1.29 is 10.1 Å². The number of hydrogen-bond donors (Lipinski definition) is 2. The van der Waals surface area contributed by atoms with Crippen molar-refractivity contribution in [1.29, 1.82) is 0 Å². The summed E-state index contributed by atoms with van der Waals surface area (Å²) in [6.07, 6.45) is 0. The molecule has 0 aliphatic carbocycles. The van der Waals surface area contributed by atoms with Gasteiger partial charge in [-0.25, -0.2) is 4.98 Å². The topological polar surface area (TPSA) is 46.4 Å². The molecule has 2 aromatic rings. The smallest absolute Gasteiger partial charge is 0.272 e. The van der Waals surface area contributed by atoms with Gasteiger partial charge >= 0.3 is 0 Å². The maximum absolute atomic E-state index is 8.66. The van der Waals surface area contributed by atoms with Gasteiger partial charge in [0.15, 0.2) is 0 Å². The lowest BCUT2D eigenvalue weighted by Gasteiger charge is -1.98. The van der Waals surface area contributed by atoms with Gasteiger partial charge in [0.05, 0.1) is 6.61 Å². The van der Waals surface area contributed by atoms with E-state index in [2.05, 4.69) is 16.4 Å². The van der Waals surface area contributed by atoms with E-state index < -0.39 is 0 Å². The number of nitrogens with one attached hydrogen (secondary N) is 2. The minimum atomic E-state index is 0.140. The van der Waals surface area contributed by atoms with Crippen molar-refractivity contribution in [2.45, 2.75) is 0 Å². The van der Waals surface area contributed by atoms with Crippen molar-refractivity contribution in [3.8, 4) is 0 Å². The van der Waals surface area contributed by atoms with Gasteiger partial charge < -0.3 is 5.11 Å². The second kappa shape index (κ2) is 4.07. The van der Waals surface area contributed by atoms with Crippen molar-refractivity contribution in [1.82, 2.24) is 0 Å². The molecule has 1 aromatic carbocycles. The second-order valence-corrected chi connectivity index (χ2v) is 3.11. The van der Waals surface area contributed by atoms with Crippen LogP contribution in [0.4, 0.5) is 5.82 Å². The van der Waals surface area contributed by atoms with Crippen molar-refractivity contribution in [3.63, 3.8) is 0 Å². The first-order chi connectivity index (χ1) is 6.90. The molecule has 1 aromatic heterocycles. The number of pyridine rings is 1. The minimum Gasteiger partial charge on any atom is -0.392 e. The molecule has 72 valence electrons. The van der Waals surface area contributed by atoms with Crippen LogP contribution in [0, 0.1) is 0 Å². The Kier molecular flexibility index (Phi) is 2.60. The zero-order valence-electron chi connectivity index (χ0n) is 7.83. The molecule has 0 saturated carbocycles. The Hall–Kier alpha value is -1.61. The minimum absolute atomic E-state index is 0.140. The first-order valence-corrected chi connectivity index (χ1v) is 4.66. The van der Waals surface area contributed by atoms with Crippen LogP contribution in [0.25, 0.3) is 10.9 Å². The average Bonchev–Trinajstić information content (AvgIpc) is 2.26. The lowest BCUT2D eigenvalue weighted by molar-refractivity contribution is -0.327. The van der Waals surface area contributed by atoms with E-state index in [4.69, 9.17) is 5.11 Å². The van der Waals surface area contributed by atoms with E-state index >= 15 is 0 Å². The first kappa shape index (κ1) is 8.97. The molecule has 14 heavy (non-hydrogen) atoms. The highest BCUT2D eigenvalue weighted by Gasteiger charge is 2.01. The molecule has 1 heterocycles. The quantitative estimate of drug-likeness (QED) is 0.758. The maximum atomic E-state index is 8.66. The Morgan fingerprint density at radius 3 is 2.86 bits per heavy atom. The number of aromatic nitrogens is 1. The van der Waals surface area contributed by atoms with Crippen LogP contribution in [0.5, 0.6) is 0 Å². The molecule has 0 bridgehead atoms. The van der Waals surface area contributed by atoms with Gasteiger partial charge in [-0.1, -0.05) is 18.2 Å². The summed E-state index contributed by atoms with van der Waals surface area (Å²) in [6, 6.07) is 12.1. The number of fused-ring (bicyclic) bond motifs is 1. The summed E-state index contributed by atoms with van der Waals surface area (Å²) in [5, 5.41) is 12.9. The lowest BCUT2D eigenvalue weighted by Crippen LogP contribution is -2.16. The fourth-order valence-electron chi connectivity index (χ4n) is 1.41. The van der Waals surface area contributed by atoms with Crippen molar-refractivity contribution in [2.24, 2.45) is 0 Å². The zero-order chi connectivity index (χ0) is 9.80. The Bertz CT molecular complexity index is 428. The summed E-state index contributed by atoms with van der Waals surface area (Å²) in [4.78, 5) is 3.24. The van der Waals surface area contributed by atoms with Gasteiger partial charge in [0.1, 0.15) is 12.1 Å². The predicted octanol–water partition coefficient (Wildman–Crippen LogP) is 1.06. The van der Waals surface area contributed by atoms with Gasteiger partial charge in [-0.05, 0) is 12.1 Å². The van der Waals surface area contributed by atoms with Crippen LogP contribution in [-0.4, -0.2) is 18.3 Å². The van der Waals surface area contributed by atoms with Crippen molar-refractivity contribution in [2.75, 3.05) is 18.5 Å². The molecule has 0 saturated heterocycles. The number of rotatable bonds is 3. The van der Waals surface area contributed by atoms with E-state index in [0.717, 1.165) is 11.3 Å². The van der Waals surface area contributed by atoms with Crippen LogP contribution in [-0.2, 0) is 0 Å². The van der Waals surface area contributed by atoms with E-state index in [1.165, 1.54) is 5.39 Å². The number of H-pyrrole nitrogens is 1. The fraction of sp³-hybridized carbons (Fsp3) is 0.182. The number of aliphatic hydroxyl groups excluding tert-OH is 1. The Morgan fingerprint density at radius 1 is 1.14 bits per heavy atom. The van der Waals surface area contributed by atoms with Crippen LogP contribution in [0.2, 0.25) is 0 Å². The first-order valence-electron chi connectivity index (χ1n) is 4.66. The van der Waals surface area contributed by atoms with Gasteiger partial charge in [0, 0.05) is 11.5 Å². The molecule has 0 spiro atoms. The summed E-state index contributed by atoms with van der Waals surface area (Å²) in [6.45, 7) is 0.704. The third-order valence-electron chi connectivity index (χ3n) is 2.09. The number of aromatic amines is 1. The number of para-hydroxylation sites is 1. The molecular weight excluding hydrogens is 176 g/mol. The SMILES string of the molecule is OCCNc1ccc2ccccc2[nH+]1. The highest BCUT2D eigenvalue weighted by Crippen LogP contribution is 2.09. The van der Waals surface area contributed by atoms with Crippen molar-refractivity contribution >= 4 is 16.7 Å². The number of benzene rings is 1. The monoisotopic (exact) mass is 189 g/mol. The standard InChI is InChI=1S/C11H12N2O/c14-8-7-12-11-6-5-9-3-1-2-4-10(9)13-11/h1-6,14H,7-8H2,(H,12,13)/p+1. The van der Waals surface area contributed by atoms with E-state index in [9.17, 15) is 0 Å². The van der Waals surface area contributed by atoms with Gasteiger partial charge in [-0.2, -0.15) is 0 Å². The number of aliphatic hydroxyl groups is 1. The predicted molar refractivity (Wildman–Crippen MR) is 56.1 cm³/mol. The molecule has 0 fully saturated rings. The van der Waals surface area contributed by atoms with Crippen LogP contribution in [0.3, 0.4) is 0 Å². The summed E-state index contributed by atoms with van der Waals surface area (Å²) in [5.41, 5.74) is 1.09. The molecule has 3 nitrogen and oxygen atoms in total. The van der Waals surface area contributed by atoms with Gasteiger partial charge in [0.2, 0.25) is 0 Å². The van der Waals surface area contributed by atoms with Crippen LogP contribution in [0.15, 0.2) is 36.4 Å². The Morgan fingerprint density at radius 2 is 2.00 bits per heavy atom. The maximum Gasteiger partial charge on any atom is 0.272 e. The molecule has 0 aliphatic rings. The van der Waals surface area contributed by atoms with Crippen LogP contribution in [0.1, 0.15) is 0 Å². The lowest BCUT2D eigenvalue weighted by atomic mass is 10.2. The molecule has 2 rings (SSSR count). The molecule has 0 amide bonds. The summed E-state index contributed by atoms with van der Waals surface area (Å²) in [7, 11) is 0. The fourth-order valence-corrected chi connectivity index (χ4v) is 1.41. The zero-order valence-corrected chi connectivity index (χ0v) is 7.83. The van der Waals surface area contributed by atoms with Gasteiger partial charge in [-0.15, -0.1) is 0 Å². The number of anilines is 1.